The van der Waals surface area contributed by atoms with Gasteiger partial charge >= 0.3 is 0 Å². The van der Waals surface area contributed by atoms with E-state index in [0.717, 1.165) is 11.1 Å². The summed E-state index contributed by atoms with van der Waals surface area (Å²) in [6.45, 7) is 3.84. The number of hydrogen-bond donors (Lipinski definition) is 0. The van der Waals surface area contributed by atoms with Gasteiger partial charge in [-0.2, -0.15) is 0 Å². The van der Waals surface area contributed by atoms with E-state index < -0.39 is 0 Å². The Bertz CT molecular complexity index is 567. The molecule has 1 heterocycles. The lowest BCUT2D eigenvalue weighted by Gasteiger charge is -2.07. The van der Waals surface area contributed by atoms with Crippen molar-refractivity contribution in [3.05, 3.63) is 55.2 Å². The molecule has 1 nitrogen and oxygen atoms in total. The molecule has 17 heavy (non-hydrogen) atoms. The molecule has 0 saturated carbocycles. The molecule has 1 aromatic heterocycles. The average molecular weight is 285 g/mol. The summed E-state index contributed by atoms with van der Waals surface area (Å²) < 4.78 is 0.979. The number of thiophene rings is 1. The fourth-order valence-corrected chi connectivity index (χ4v) is 3.26. The van der Waals surface area contributed by atoms with Crippen LogP contribution in [0.4, 0.5) is 0 Å². The van der Waals surface area contributed by atoms with Crippen molar-refractivity contribution < 1.29 is 4.79 Å². The fraction of sp³-hybridized carbons (Fsp3) is 0.154. The van der Waals surface area contributed by atoms with Crippen molar-refractivity contribution in [2.75, 3.05) is 0 Å². The lowest BCUT2D eigenvalue weighted by molar-refractivity contribution is 0.103. The number of halogens is 2. The topological polar surface area (TPSA) is 17.1 Å². The molecule has 0 bridgehead atoms. The highest BCUT2D eigenvalue weighted by Gasteiger charge is 2.19. The van der Waals surface area contributed by atoms with Gasteiger partial charge in [0.1, 0.15) is 4.34 Å². The summed E-state index contributed by atoms with van der Waals surface area (Å²) in [6.07, 6.45) is 0. The van der Waals surface area contributed by atoms with E-state index in [4.69, 9.17) is 23.2 Å². The summed E-state index contributed by atoms with van der Waals surface area (Å²) in [7, 11) is 0. The van der Waals surface area contributed by atoms with Gasteiger partial charge in [0.25, 0.3) is 0 Å². The van der Waals surface area contributed by atoms with Crippen molar-refractivity contribution in [3.63, 3.8) is 0 Å². The third kappa shape index (κ3) is 2.39. The van der Waals surface area contributed by atoms with E-state index in [-0.39, 0.29) is 5.78 Å². The molecule has 1 aromatic carbocycles. The van der Waals surface area contributed by atoms with E-state index in [1.165, 1.54) is 11.3 Å². The molecule has 2 rings (SSSR count). The van der Waals surface area contributed by atoms with Crippen LogP contribution in [0.25, 0.3) is 0 Å². The Kier molecular flexibility index (Phi) is 3.57. The molecular weight excluding hydrogens is 275 g/mol. The summed E-state index contributed by atoms with van der Waals surface area (Å²) in [6, 6.07) is 7.40. The molecule has 0 aliphatic heterocycles. The highest BCUT2D eigenvalue weighted by Crippen LogP contribution is 2.33. The van der Waals surface area contributed by atoms with E-state index in [0.29, 0.717) is 19.8 Å². The number of rotatable bonds is 2. The van der Waals surface area contributed by atoms with E-state index in [9.17, 15) is 4.79 Å². The van der Waals surface area contributed by atoms with Crippen LogP contribution in [-0.4, -0.2) is 5.78 Å². The summed E-state index contributed by atoms with van der Waals surface area (Å²) in [5, 5.41) is 0. The maximum atomic E-state index is 12.4. The van der Waals surface area contributed by atoms with Crippen LogP contribution in [0.3, 0.4) is 0 Å². The average Bonchev–Trinajstić information content (AvgIpc) is 2.57. The van der Waals surface area contributed by atoms with Crippen LogP contribution in [0.15, 0.2) is 24.3 Å². The van der Waals surface area contributed by atoms with E-state index in [1.807, 2.05) is 32.0 Å². The van der Waals surface area contributed by atoms with Gasteiger partial charge in [0.2, 0.25) is 0 Å². The van der Waals surface area contributed by atoms with E-state index in [2.05, 4.69) is 0 Å². The molecule has 0 spiro atoms. The molecule has 2 aromatic rings. The summed E-state index contributed by atoms with van der Waals surface area (Å²) in [4.78, 5) is 12.4. The van der Waals surface area contributed by atoms with Crippen LogP contribution in [-0.2, 0) is 0 Å². The molecule has 0 aliphatic carbocycles. The zero-order chi connectivity index (χ0) is 12.6. The minimum atomic E-state index is -0.0613. The zero-order valence-corrected chi connectivity index (χ0v) is 11.7. The van der Waals surface area contributed by atoms with Crippen LogP contribution in [0.1, 0.15) is 27.0 Å². The number of hydrogen-bond acceptors (Lipinski definition) is 2. The lowest BCUT2D eigenvalue weighted by atomic mass is 9.96. The van der Waals surface area contributed by atoms with Gasteiger partial charge in [0.05, 0.1) is 9.90 Å². The molecule has 0 unspecified atom stereocenters. The quantitative estimate of drug-likeness (QED) is 0.717. The first-order valence-electron chi connectivity index (χ1n) is 5.06. The summed E-state index contributed by atoms with van der Waals surface area (Å²) >= 11 is 13.1. The Morgan fingerprint density at radius 1 is 1.18 bits per heavy atom. The molecule has 0 fully saturated rings. The highest BCUT2D eigenvalue weighted by atomic mass is 35.5. The molecule has 4 heteroatoms. The summed E-state index contributed by atoms with van der Waals surface area (Å²) in [5.74, 6) is -0.0613. The molecule has 0 radical (unpaired) electrons. The number of carbonyl (C=O) groups is 1. The van der Waals surface area contributed by atoms with Crippen LogP contribution in [0.2, 0.25) is 8.67 Å². The van der Waals surface area contributed by atoms with Gasteiger partial charge in [-0.25, -0.2) is 0 Å². The van der Waals surface area contributed by atoms with Crippen LogP contribution >= 0.6 is 34.5 Å². The van der Waals surface area contributed by atoms with Gasteiger partial charge in [-0.05, 0) is 31.0 Å². The fourth-order valence-electron chi connectivity index (χ4n) is 1.80. The molecule has 0 saturated heterocycles. The standard InChI is InChI=1S/C13H10Cl2OS/c1-7-4-3-5-8(2)11(7)12(16)9-6-10(14)17-13(9)15/h3-6H,1-2H3. The third-order valence-corrected chi connectivity index (χ3v) is 4.10. The van der Waals surface area contributed by atoms with Crippen molar-refractivity contribution in [2.45, 2.75) is 13.8 Å². The van der Waals surface area contributed by atoms with Gasteiger partial charge < -0.3 is 0 Å². The third-order valence-electron chi connectivity index (χ3n) is 2.61. The molecule has 0 aliphatic rings. The molecule has 88 valence electrons. The Balaban J connectivity index is 2.55. The normalized spacial score (nSPS) is 10.6. The van der Waals surface area contributed by atoms with Crippen LogP contribution < -0.4 is 0 Å². The number of ketones is 1. The summed E-state index contributed by atoms with van der Waals surface area (Å²) in [5.41, 5.74) is 3.10. The Hall–Kier alpha value is -0.830. The lowest BCUT2D eigenvalue weighted by Crippen LogP contribution is -2.05. The van der Waals surface area contributed by atoms with E-state index in [1.54, 1.807) is 6.07 Å². The van der Waals surface area contributed by atoms with Gasteiger partial charge in [0.15, 0.2) is 5.78 Å². The van der Waals surface area contributed by atoms with Crippen LogP contribution in [0.5, 0.6) is 0 Å². The van der Waals surface area contributed by atoms with Gasteiger partial charge in [-0.1, -0.05) is 41.4 Å². The number of aryl methyl sites for hydroxylation is 2. The Morgan fingerprint density at radius 3 is 2.24 bits per heavy atom. The predicted octanol–water partition coefficient (Wildman–Crippen LogP) is 4.90. The zero-order valence-electron chi connectivity index (χ0n) is 9.38. The van der Waals surface area contributed by atoms with Crippen molar-refractivity contribution in [1.29, 1.82) is 0 Å². The smallest absolute Gasteiger partial charge is 0.195 e. The minimum Gasteiger partial charge on any atom is -0.289 e. The molecule has 0 N–H and O–H groups in total. The number of benzene rings is 1. The molecule has 0 atom stereocenters. The second-order valence-corrected chi connectivity index (χ2v) is 6.12. The molecule has 0 amide bonds. The first kappa shape index (κ1) is 12.6. The monoisotopic (exact) mass is 284 g/mol. The number of carbonyl (C=O) groups excluding carboxylic acids is 1. The van der Waals surface area contributed by atoms with E-state index >= 15 is 0 Å². The highest BCUT2D eigenvalue weighted by molar-refractivity contribution is 7.20. The maximum Gasteiger partial charge on any atom is 0.195 e. The molecular formula is C13H10Cl2OS. The largest absolute Gasteiger partial charge is 0.289 e. The van der Waals surface area contributed by atoms with Crippen molar-refractivity contribution >= 4 is 40.3 Å². The first-order chi connectivity index (χ1) is 8.00. The van der Waals surface area contributed by atoms with Crippen LogP contribution in [0, 0.1) is 13.8 Å². The second-order valence-electron chi connectivity index (χ2n) is 3.83. The van der Waals surface area contributed by atoms with Crippen molar-refractivity contribution in [2.24, 2.45) is 0 Å². The Labute approximate surface area is 114 Å². The predicted molar refractivity (Wildman–Crippen MR) is 73.7 cm³/mol. The van der Waals surface area contributed by atoms with Crippen molar-refractivity contribution in [3.8, 4) is 0 Å². The van der Waals surface area contributed by atoms with Gasteiger partial charge in [-0.15, -0.1) is 11.3 Å². The van der Waals surface area contributed by atoms with Gasteiger partial charge in [-0.3, -0.25) is 4.79 Å². The first-order valence-corrected chi connectivity index (χ1v) is 6.63. The van der Waals surface area contributed by atoms with Crippen molar-refractivity contribution in [1.82, 2.24) is 0 Å². The maximum absolute atomic E-state index is 12.4. The minimum absolute atomic E-state index is 0.0613. The van der Waals surface area contributed by atoms with Gasteiger partial charge in [0, 0.05) is 5.56 Å². The second kappa shape index (κ2) is 4.81. The SMILES string of the molecule is Cc1cccc(C)c1C(=O)c1cc(Cl)sc1Cl. The Morgan fingerprint density at radius 2 is 1.76 bits per heavy atom.